The molecule has 0 aliphatic rings. The van der Waals surface area contributed by atoms with Gasteiger partial charge in [-0.05, 0) is 42.7 Å². The van der Waals surface area contributed by atoms with Gasteiger partial charge in [-0.2, -0.15) is 0 Å². The van der Waals surface area contributed by atoms with E-state index in [0.717, 1.165) is 16.0 Å². The number of hydrogen-bond acceptors (Lipinski definition) is 4. The van der Waals surface area contributed by atoms with E-state index in [9.17, 15) is 4.79 Å². The summed E-state index contributed by atoms with van der Waals surface area (Å²) in [5.74, 6) is 1.36. The molecule has 0 bridgehead atoms. The van der Waals surface area contributed by atoms with Crippen LogP contribution in [0.15, 0.2) is 63.6 Å². The molecule has 4 aromatic rings. The number of aromatic nitrogens is 2. The van der Waals surface area contributed by atoms with E-state index in [-0.39, 0.29) is 5.56 Å². The largest absolute Gasteiger partial charge is 0.309 e. The molecule has 0 aliphatic carbocycles. The number of benzene rings is 2. The third-order valence-electron chi connectivity index (χ3n) is 4.43. The maximum Gasteiger partial charge on any atom is 0.260 e. The molecule has 1 N–H and O–H groups in total. The van der Waals surface area contributed by atoms with Crippen LogP contribution in [0.3, 0.4) is 0 Å². The second-order valence-electron chi connectivity index (χ2n) is 6.24. The Kier molecular flexibility index (Phi) is 4.66. The van der Waals surface area contributed by atoms with Gasteiger partial charge in [0.1, 0.15) is 10.7 Å². The van der Waals surface area contributed by atoms with Crippen molar-refractivity contribution in [1.29, 1.82) is 0 Å². The fourth-order valence-electron chi connectivity index (χ4n) is 2.85. The Labute approximate surface area is 160 Å². The summed E-state index contributed by atoms with van der Waals surface area (Å²) in [4.78, 5) is 22.3. The SMILES string of the molecule is Cc1ccc(SCc2nc3scc(-c4ccccc4)c3c(=O)[nH]2)cc1C. The van der Waals surface area contributed by atoms with Crippen LogP contribution in [0, 0.1) is 13.8 Å². The van der Waals surface area contributed by atoms with Crippen molar-refractivity contribution in [2.45, 2.75) is 24.5 Å². The van der Waals surface area contributed by atoms with Crippen LogP contribution in [0.25, 0.3) is 21.3 Å². The molecule has 2 heterocycles. The summed E-state index contributed by atoms with van der Waals surface area (Å²) in [5.41, 5.74) is 4.49. The highest BCUT2D eigenvalue weighted by Crippen LogP contribution is 2.31. The van der Waals surface area contributed by atoms with Crippen molar-refractivity contribution < 1.29 is 0 Å². The van der Waals surface area contributed by atoms with Gasteiger partial charge in [0.05, 0.1) is 11.1 Å². The molecule has 0 saturated carbocycles. The Bertz CT molecular complexity index is 1130. The zero-order chi connectivity index (χ0) is 18.1. The Morgan fingerprint density at radius 3 is 2.65 bits per heavy atom. The molecule has 0 aliphatic heterocycles. The predicted octanol–water partition coefficient (Wildman–Crippen LogP) is 5.56. The molecule has 0 fully saturated rings. The van der Waals surface area contributed by atoms with Crippen LogP contribution >= 0.6 is 23.1 Å². The highest BCUT2D eigenvalue weighted by Gasteiger charge is 2.13. The van der Waals surface area contributed by atoms with Crippen molar-refractivity contribution in [3.8, 4) is 11.1 Å². The zero-order valence-electron chi connectivity index (χ0n) is 14.6. The van der Waals surface area contributed by atoms with Gasteiger partial charge in [-0.1, -0.05) is 36.4 Å². The van der Waals surface area contributed by atoms with Gasteiger partial charge in [0.2, 0.25) is 0 Å². The number of fused-ring (bicyclic) bond motifs is 1. The predicted molar refractivity (Wildman–Crippen MR) is 111 cm³/mol. The van der Waals surface area contributed by atoms with Gasteiger partial charge < -0.3 is 4.98 Å². The average Bonchev–Trinajstić information content (AvgIpc) is 3.08. The van der Waals surface area contributed by atoms with E-state index in [1.165, 1.54) is 27.4 Å². The minimum atomic E-state index is -0.0641. The van der Waals surface area contributed by atoms with Crippen LogP contribution in [0.2, 0.25) is 0 Å². The summed E-state index contributed by atoms with van der Waals surface area (Å²) in [6.07, 6.45) is 0. The fraction of sp³-hybridized carbons (Fsp3) is 0.143. The second kappa shape index (κ2) is 7.09. The first-order valence-corrected chi connectivity index (χ1v) is 10.2. The molecule has 130 valence electrons. The number of rotatable bonds is 4. The lowest BCUT2D eigenvalue weighted by Gasteiger charge is -2.05. The number of nitrogens with one attached hydrogen (secondary N) is 1. The lowest BCUT2D eigenvalue weighted by atomic mass is 10.1. The number of thiophene rings is 1. The highest BCUT2D eigenvalue weighted by molar-refractivity contribution is 7.98. The highest BCUT2D eigenvalue weighted by atomic mass is 32.2. The van der Waals surface area contributed by atoms with Crippen LogP contribution in [0.1, 0.15) is 17.0 Å². The second-order valence-corrected chi connectivity index (χ2v) is 8.15. The van der Waals surface area contributed by atoms with Gasteiger partial charge in [-0.3, -0.25) is 4.79 Å². The molecule has 5 heteroatoms. The molecule has 0 unspecified atom stereocenters. The van der Waals surface area contributed by atoms with Crippen LogP contribution < -0.4 is 5.56 Å². The minimum absolute atomic E-state index is 0.0641. The van der Waals surface area contributed by atoms with E-state index in [4.69, 9.17) is 0 Å². The average molecular weight is 379 g/mol. The van der Waals surface area contributed by atoms with Gasteiger partial charge in [0, 0.05) is 15.8 Å². The quantitative estimate of drug-likeness (QED) is 0.473. The van der Waals surface area contributed by atoms with E-state index in [2.05, 4.69) is 42.0 Å². The molecule has 4 rings (SSSR count). The molecule has 0 radical (unpaired) electrons. The first kappa shape index (κ1) is 17.1. The zero-order valence-corrected chi connectivity index (χ0v) is 16.2. The Morgan fingerprint density at radius 2 is 1.88 bits per heavy atom. The van der Waals surface area contributed by atoms with Gasteiger partial charge in [-0.25, -0.2) is 4.98 Å². The van der Waals surface area contributed by atoms with E-state index >= 15 is 0 Å². The van der Waals surface area contributed by atoms with Crippen LogP contribution in [-0.4, -0.2) is 9.97 Å². The Balaban J connectivity index is 1.64. The number of aromatic amines is 1. The minimum Gasteiger partial charge on any atom is -0.309 e. The number of thioether (sulfide) groups is 1. The Hall–Kier alpha value is -2.37. The summed E-state index contributed by atoms with van der Waals surface area (Å²) >= 11 is 3.21. The van der Waals surface area contributed by atoms with Crippen molar-refractivity contribution >= 4 is 33.3 Å². The summed E-state index contributed by atoms with van der Waals surface area (Å²) < 4.78 is 0. The summed E-state index contributed by atoms with van der Waals surface area (Å²) in [6, 6.07) is 16.4. The van der Waals surface area contributed by atoms with Gasteiger partial charge in [0.15, 0.2) is 0 Å². The summed E-state index contributed by atoms with van der Waals surface area (Å²) in [6.45, 7) is 4.22. The van der Waals surface area contributed by atoms with Crippen molar-refractivity contribution in [1.82, 2.24) is 9.97 Å². The lowest BCUT2D eigenvalue weighted by molar-refractivity contribution is 1.04. The molecular formula is C21H18N2OS2. The lowest BCUT2D eigenvalue weighted by Crippen LogP contribution is -2.10. The standard InChI is InChI=1S/C21H18N2OS2/c1-13-8-9-16(10-14(13)2)25-12-18-22-20(24)19-17(11-26-21(19)23-18)15-6-4-3-5-7-15/h3-11H,12H2,1-2H3,(H,22,23,24). The molecule has 0 amide bonds. The molecule has 0 saturated heterocycles. The third-order valence-corrected chi connectivity index (χ3v) is 6.31. The topological polar surface area (TPSA) is 45.8 Å². The molecule has 3 nitrogen and oxygen atoms in total. The van der Waals surface area contributed by atoms with E-state index < -0.39 is 0 Å². The summed E-state index contributed by atoms with van der Waals surface area (Å²) in [7, 11) is 0. The third kappa shape index (κ3) is 3.32. The number of nitrogens with zero attached hydrogens (tertiary/aromatic N) is 1. The molecular weight excluding hydrogens is 360 g/mol. The van der Waals surface area contributed by atoms with Crippen molar-refractivity contribution in [2.24, 2.45) is 0 Å². The maximum absolute atomic E-state index is 12.7. The smallest absolute Gasteiger partial charge is 0.260 e. The number of aryl methyl sites for hydroxylation is 2. The van der Waals surface area contributed by atoms with E-state index in [1.807, 2.05) is 35.7 Å². The van der Waals surface area contributed by atoms with E-state index in [1.54, 1.807) is 11.8 Å². The first-order chi connectivity index (χ1) is 12.6. The van der Waals surface area contributed by atoms with Gasteiger partial charge in [0.25, 0.3) is 5.56 Å². The van der Waals surface area contributed by atoms with Crippen molar-refractivity contribution in [3.63, 3.8) is 0 Å². The summed E-state index contributed by atoms with van der Waals surface area (Å²) in [5, 5.41) is 2.70. The Morgan fingerprint density at radius 1 is 1.08 bits per heavy atom. The number of H-pyrrole nitrogens is 1. The molecule has 0 spiro atoms. The molecule has 0 atom stereocenters. The van der Waals surface area contributed by atoms with Crippen LogP contribution in [-0.2, 0) is 5.75 Å². The van der Waals surface area contributed by atoms with E-state index in [0.29, 0.717) is 17.0 Å². The van der Waals surface area contributed by atoms with Gasteiger partial charge in [-0.15, -0.1) is 23.1 Å². The molecule has 2 aromatic heterocycles. The normalized spacial score (nSPS) is 11.2. The monoisotopic (exact) mass is 378 g/mol. The fourth-order valence-corrected chi connectivity index (χ4v) is 4.68. The van der Waals surface area contributed by atoms with Crippen molar-refractivity contribution in [2.75, 3.05) is 0 Å². The molecule has 26 heavy (non-hydrogen) atoms. The van der Waals surface area contributed by atoms with Crippen LogP contribution in [0.5, 0.6) is 0 Å². The molecule has 2 aromatic carbocycles. The number of hydrogen-bond donors (Lipinski definition) is 1. The van der Waals surface area contributed by atoms with Gasteiger partial charge >= 0.3 is 0 Å². The van der Waals surface area contributed by atoms with Crippen molar-refractivity contribution in [3.05, 3.63) is 81.2 Å². The maximum atomic E-state index is 12.7. The first-order valence-electron chi connectivity index (χ1n) is 8.37. The van der Waals surface area contributed by atoms with Crippen LogP contribution in [0.4, 0.5) is 0 Å².